The molecule has 1 aromatic heterocycles. The molecule has 1 fully saturated rings. The quantitative estimate of drug-likeness (QED) is 0.799. The van der Waals surface area contributed by atoms with Gasteiger partial charge < -0.3 is 24.4 Å². The van der Waals surface area contributed by atoms with Crippen molar-refractivity contribution in [2.24, 2.45) is 0 Å². The molecule has 0 spiro atoms. The Kier molecular flexibility index (Phi) is 5.05. The van der Waals surface area contributed by atoms with Gasteiger partial charge in [-0.05, 0) is 22.0 Å². The number of benzene rings is 1. The van der Waals surface area contributed by atoms with Crippen LogP contribution in [0.5, 0.6) is 11.8 Å². The molecule has 0 aliphatic carbocycles. The monoisotopic (exact) mass is 430 g/mol. The van der Waals surface area contributed by atoms with Crippen molar-refractivity contribution in [3.8, 4) is 11.8 Å². The zero-order chi connectivity index (χ0) is 18.1. The number of rotatable bonds is 3. The van der Waals surface area contributed by atoms with Gasteiger partial charge in [-0.15, -0.1) is 0 Å². The van der Waals surface area contributed by atoms with E-state index in [9.17, 15) is 4.79 Å². The summed E-state index contributed by atoms with van der Waals surface area (Å²) in [5.74, 6) is 1.13. The van der Waals surface area contributed by atoms with Crippen LogP contribution in [0.3, 0.4) is 0 Å². The van der Waals surface area contributed by atoms with Gasteiger partial charge in [0.15, 0.2) is 5.75 Å². The second-order valence-electron chi connectivity index (χ2n) is 5.39. The number of hydrogen-bond donors (Lipinski definition) is 1. The lowest BCUT2D eigenvalue weighted by molar-refractivity contribution is 0.142. The number of aromatic nitrogens is 2. The molecule has 0 saturated carbocycles. The maximum atomic E-state index is 11.1. The fourth-order valence-electron chi connectivity index (χ4n) is 2.77. The van der Waals surface area contributed by atoms with Crippen molar-refractivity contribution < 1.29 is 19.4 Å². The number of ether oxygens (including phenoxy) is 2. The van der Waals surface area contributed by atoms with E-state index in [1.54, 1.807) is 6.07 Å². The van der Waals surface area contributed by atoms with Crippen LogP contribution >= 0.6 is 27.5 Å². The molecule has 1 saturated heterocycles. The van der Waals surface area contributed by atoms with Gasteiger partial charge in [-0.1, -0.05) is 11.6 Å². The molecule has 10 heteroatoms. The second kappa shape index (κ2) is 7.09. The molecule has 1 aliphatic rings. The zero-order valence-corrected chi connectivity index (χ0v) is 16.0. The second-order valence-corrected chi connectivity index (χ2v) is 6.59. The van der Waals surface area contributed by atoms with Crippen LogP contribution in [0.25, 0.3) is 10.9 Å². The molecule has 1 aromatic carbocycles. The normalized spacial score (nSPS) is 14.7. The van der Waals surface area contributed by atoms with E-state index in [1.807, 2.05) is 4.90 Å². The van der Waals surface area contributed by atoms with Gasteiger partial charge in [0.05, 0.1) is 23.7 Å². The number of anilines is 1. The number of halogens is 2. The number of carbonyl (C=O) groups is 1. The number of fused-ring (bicyclic) bond motifs is 1. The van der Waals surface area contributed by atoms with Crippen LogP contribution in [0.1, 0.15) is 0 Å². The first-order valence-electron chi connectivity index (χ1n) is 7.46. The van der Waals surface area contributed by atoms with Gasteiger partial charge in [0, 0.05) is 31.6 Å². The molecule has 134 valence electrons. The molecule has 2 aromatic rings. The molecule has 0 bridgehead atoms. The lowest BCUT2D eigenvalue weighted by atomic mass is 10.2. The highest BCUT2D eigenvalue weighted by atomic mass is 79.9. The fraction of sp³-hybridized carbons (Fsp3) is 0.400. The minimum absolute atomic E-state index is 0.204. The summed E-state index contributed by atoms with van der Waals surface area (Å²) >= 11 is 9.71. The Balaban J connectivity index is 2.11. The van der Waals surface area contributed by atoms with E-state index in [-0.39, 0.29) is 6.01 Å². The molecule has 8 nitrogen and oxygen atoms in total. The molecule has 0 atom stereocenters. The Morgan fingerprint density at radius 2 is 1.92 bits per heavy atom. The van der Waals surface area contributed by atoms with Crippen molar-refractivity contribution in [3.63, 3.8) is 0 Å². The maximum absolute atomic E-state index is 11.1. The van der Waals surface area contributed by atoms with E-state index in [4.69, 9.17) is 26.2 Å². The Bertz CT molecular complexity index is 827. The molecular formula is C15H16BrClN4O4. The van der Waals surface area contributed by atoms with E-state index < -0.39 is 6.09 Å². The summed E-state index contributed by atoms with van der Waals surface area (Å²) < 4.78 is 11.3. The molecule has 2 heterocycles. The topological polar surface area (TPSA) is 88.0 Å². The van der Waals surface area contributed by atoms with E-state index >= 15 is 0 Å². The van der Waals surface area contributed by atoms with Gasteiger partial charge >= 0.3 is 12.1 Å². The third-order valence-corrected chi connectivity index (χ3v) is 5.35. The van der Waals surface area contributed by atoms with Crippen LogP contribution in [-0.4, -0.2) is 66.5 Å². The summed E-state index contributed by atoms with van der Waals surface area (Å²) in [6, 6.07) is 1.97. The van der Waals surface area contributed by atoms with Crippen LogP contribution in [0.4, 0.5) is 10.6 Å². The average molecular weight is 432 g/mol. The number of hydrogen-bond acceptors (Lipinski definition) is 6. The molecule has 1 amide bonds. The number of piperazine rings is 1. The van der Waals surface area contributed by atoms with Gasteiger partial charge in [-0.3, -0.25) is 0 Å². The van der Waals surface area contributed by atoms with Gasteiger partial charge in [-0.25, -0.2) is 4.79 Å². The molecule has 1 aliphatic heterocycles. The SMILES string of the molecule is COc1nc(N2CCN(C(=O)O)CC2)c2cc(Cl)c(Br)c(OC)c2n1. The van der Waals surface area contributed by atoms with E-state index in [1.165, 1.54) is 19.1 Å². The summed E-state index contributed by atoms with van der Waals surface area (Å²) in [5, 5.41) is 10.3. The van der Waals surface area contributed by atoms with E-state index in [0.29, 0.717) is 52.8 Å². The summed E-state index contributed by atoms with van der Waals surface area (Å²) in [5.41, 5.74) is 0.571. The summed E-state index contributed by atoms with van der Waals surface area (Å²) in [4.78, 5) is 23.3. The molecule has 3 rings (SSSR count). The van der Waals surface area contributed by atoms with Gasteiger partial charge in [0.2, 0.25) is 0 Å². The molecule has 1 N–H and O–H groups in total. The predicted octanol–water partition coefficient (Wildman–Crippen LogP) is 2.86. The van der Waals surface area contributed by atoms with E-state index in [2.05, 4.69) is 25.9 Å². The number of amides is 1. The highest BCUT2D eigenvalue weighted by molar-refractivity contribution is 9.10. The zero-order valence-electron chi connectivity index (χ0n) is 13.6. The Hall–Kier alpha value is -2.00. The van der Waals surface area contributed by atoms with Crippen molar-refractivity contribution in [2.75, 3.05) is 45.3 Å². The minimum atomic E-state index is -0.918. The average Bonchev–Trinajstić information content (AvgIpc) is 2.62. The standard InChI is InChI=1S/C15H16BrClN4O4/c1-24-12-10(16)9(17)7-8-11(12)18-14(25-2)19-13(8)20-3-5-21(6-4-20)15(22)23/h7H,3-6H2,1-2H3,(H,22,23). The Morgan fingerprint density at radius 1 is 1.24 bits per heavy atom. The molecular weight excluding hydrogens is 416 g/mol. The molecule has 0 unspecified atom stereocenters. The molecule has 25 heavy (non-hydrogen) atoms. The maximum Gasteiger partial charge on any atom is 0.407 e. The number of nitrogens with zero attached hydrogens (tertiary/aromatic N) is 4. The highest BCUT2D eigenvalue weighted by Gasteiger charge is 2.25. The van der Waals surface area contributed by atoms with Crippen molar-refractivity contribution in [1.29, 1.82) is 0 Å². The van der Waals surface area contributed by atoms with Crippen LogP contribution in [0, 0.1) is 0 Å². The predicted molar refractivity (Wildman–Crippen MR) is 97.2 cm³/mol. The van der Waals surface area contributed by atoms with Crippen molar-refractivity contribution in [3.05, 3.63) is 15.6 Å². The first kappa shape index (κ1) is 17.8. The van der Waals surface area contributed by atoms with Crippen molar-refractivity contribution >= 4 is 50.3 Å². The lowest BCUT2D eigenvalue weighted by Gasteiger charge is -2.34. The van der Waals surface area contributed by atoms with Crippen LogP contribution in [0.2, 0.25) is 5.02 Å². The molecule has 0 radical (unpaired) electrons. The number of carboxylic acid groups (broad SMARTS) is 1. The van der Waals surface area contributed by atoms with Crippen LogP contribution < -0.4 is 14.4 Å². The van der Waals surface area contributed by atoms with Crippen molar-refractivity contribution in [2.45, 2.75) is 0 Å². The highest BCUT2D eigenvalue weighted by Crippen LogP contribution is 2.41. The fourth-order valence-corrected chi connectivity index (χ4v) is 3.43. The summed E-state index contributed by atoms with van der Waals surface area (Å²) in [6.07, 6.45) is -0.918. The third kappa shape index (κ3) is 3.25. The van der Waals surface area contributed by atoms with Gasteiger partial charge in [0.25, 0.3) is 0 Å². The van der Waals surface area contributed by atoms with E-state index in [0.717, 1.165) is 5.39 Å². The number of methoxy groups -OCH3 is 2. The first-order chi connectivity index (χ1) is 12.0. The smallest absolute Gasteiger partial charge is 0.407 e. The van der Waals surface area contributed by atoms with Crippen LogP contribution in [-0.2, 0) is 0 Å². The van der Waals surface area contributed by atoms with Crippen LogP contribution in [0.15, 0.2) is 10.5 Å². The largest absolute Gasteiger partial charge is 0.493 e. The minimum Gasteiger partial charge on any atom is -0.493 e. The Labute approximate surface area is 157 Å². The van der Waals surface area contributed by atoms with Crippen molar-refractivity contribution in [1.82, 2.24) is 14.9 Å². The Morgan fingerprint density at radius 3 is 2.48 bits per heavy atom. The third-order valence-electron chi connectivity index (χ3n) is 4.04. The lowest BCUT2D eigenvalue weighted by Crippen LogP contribution is -2.48. The van der Waals surface area contributed by atoms with Gasteiger partial charge in [0.1, 0.15) is 11.3 Å². The summed E-state index contributed by atoms with van der Waals surface area (Å²) in [7, 11) is 3.03. The van der Waals surface area contributed by atoms with Gasteiger partial charge in [-0.2, -0.15) is 9.97 Å². The first-order valence-corrected chi connectivity index (χ1v) is 8.64. The summed E-state index contributed by atoms with van der Waals surface area (Å²) in [6.45, 7) is 1.81.